The summed E-state index contributed by atoms with van der Waals surface area (Å²) in [6.07, 6.45) is 10.7. The van der Waals surface area contributed by atoms with E-state index in [9.17, 15) is 0 Å². The van der Waals surface area contributed by atoms with Gasteiger partial charge in [0.2, 0.25) is 0 Å². The molecule has 5 aliphatic rings. The Balaban J connectivity index is 1.45. The van der Waals surface area contributed by atoms with Crippen LogP contribution >= 0.6 is 0 Å². The molecule has 5 rings (SSSR count). The average Bonchev–Trinajstić information content (AvgIpc) is 3.34. The van der Waals surface area contributed by atoms with Crippen LogP contribution in [-0.4, -0.2) is 57.6 Å². The Bertz CT molecular complexity index is 703. The predicted octanol–water partition coefficient (Wildman–Crippen LogP) is 3.79. The van der Waals surface area contributed by atoms with E-state index in [-0.39, 0.29) is 22.2 Å². The summed E-state index contributed by atoms with van der Waals surface area (Å²) in [6.45, 7) is 2.88. The zero-order valence-electron chi connectivity index (χ0n) is 18.5. The SMILES string of the molecule is COOC[C@]1(OC)CCC2C3CC[C@@]45CC(OC)(OC)CC[C@@]4(O5)C3=CC[C@@]21C. The summed E-state index contributed by atoms with van der Waals surface area (Å²) >= 11 is 0. The predicted molar refractivity (Wildman–Crippen MR) is 106 cm³/mol. The van der Waals surface area contributed by atoms with E-state index >= 15 is 0 Å². The molecule has 0 radical (unpaired) electrons. The fourth-order valence-corrected chi connectivity index (χ4v) is 7.89. The lowest BCUT2D eigenvalue weighted by Crippen LogP contribution is -2.56. The molecule has 0 amide bonds. The van der Waals surface area contributed by atoms with Crippen LogP contribution in [0.5, 0.6) is 0 Å². The second-order valence-corrected chi connectivity index (χ2v) is 10.1. The van der Waals surface area contributed by atoms with E-state index in [4.69, 9.17) is 28.7 Å². The summed E-state index contributed by atoms with van der Waals surface area (Å²) in [7, 11) is 6.93. The molecular weight excluding hydrogens is 372 g/mol. The largest absolute Gasteiger partial charge is 0.375 e. The van der Waals surface area contributed by atoms with Crippen molar-refractivity contribution in [2.75, 3.05) is 35.0 Å². The normalized spacial score (nSPS) is 49.5. The van der Waals surface area contributed by atoms with Crippen molar-refractivity contribution in [2.24, 2.45) is 17.3 Å². The number of allylic oxidation sites excluding steroid dienone is 1. The lowest BCUT2D eigenvalue weighted by molar-refractivity contribution is -0.311. The van der Waals surface area contributed by atoms with Crippen LogP contribution in [0.25, 0.3) is 0 Å². The van der Waals surface area contributed by atoms with Crippen molar-refractivity contribution < 1.29 is 28.7 Å². The van der Waals surface area contributed by atoms with Gasteiger partial charge in [0, 0.05) is 39.6 Å². The Kier molecular flexibility index (Phi) is 4.57. The fourth-order valence-electron chi connectivity index (χ4n) is 7.89. The van der Waals surface area contributed by atoms with E-state index < -0.39 is 5.79 Å². The van der Waals surface area contributed by atoms with Crippen LogP contribution in [0.15, 0.2) is 11.6 Å². The van der Waals surface area contributed by atoms with E-state index in [0.717, 1.165) is 38.5 Å². The molecule has 29 heavy (non-hydrogen) atoms. The van der Waals surface area contributed by atoms with Gasteiger partial charge in [-0.25, -0.2) is 9.78 Å². The Morgan fingerprint density at radius 3 is 2.48 bits per heavy atom. The maximum atomic E-state index is 6.66. The van der Waals surface area contributed by atoms with Gasteiger partial charge in [-0.05, 0) is 55.9 Å². The van der Waals surface area contributed by atoms with Crippen LogP contribution in [0, 0.1) is 17.3 Å². The van der Waals surface area contributed by atoms with Crippen molar-refractivity contribution in [3.8, 4) is 0 Å². The summed E-state index contributed by atoms with van der Waals surface area (Å²) < 4.78 is 24.4. The highest BCUT2D eigenvalue weighted by molar-refractivity contribution is 5.43. The summed E-state index contributed by atoms with van der Waals surface area (Å²) in [5, 5.41) is 0. The maximum Gasteiger partial charge on any atom is 0.170 e. The fraction of sp³-hybridized carbons (Fsp3) is 0.913. The molecular formula is C23H36O6. The molecule has 1 aliphatic heterocycles. The van der Waals surface area contributed by atoms with Gasteiger partial charge >= 0.3 is 0 Å². The Morgan fingerprint density at radius 1 is 1.00 bits per heavy atom. The van der Waals surface area contributed by atoms with Crippen molar-refractivity contribution in [3.05, 3.63) is 11.6 Å². The molecule has 0 aromatic heterocycles. The van der Waals surface area contributed by atoms with Gasteiger partial charge in [0.05, 0.1) is 7.11 Å². The van der Waals surface area contributed by atoms with Crippen LogP contribution in [0.4, 0.5) is 0 Å². The minimum atomic E-state index is -0.493. The number of rotatable bonds is 6. The smallest absolute Gasteiger partial charge is 0.170 e. The lowest BCUT2D eigenvalue weighted by Gasteiger charge is -2.53. The summed E-state index contributed by atoms with van der Waals surface area (Å²) in [5.41, 5.74) is 1.15. The maximum absolute atomic E-state index is 6.66. The molecule has 3 saturated carbocycles. The molecule has 6 heteroatoms. The number of methoxy groups -OCH3 is 3. The average molecular weight is 409 g/mol. The topological polar surface area (TPSA) is 58.7 Å². The number of hydrogen-bond donors (Lipinski definition) is 0. The van der Waals surface area contributed by atoms with Gasteiger partial charge in [0.25, 0.3) is 0 Å². The summed E-state index contributed by atoms with van der Waals surface area (Å²) in [5.74, 6) is 0.671. The molecule has 0 aromatic rings. The van der Waals surface area contributed by atoms with Crippen molar-refractivity contribution in [1.29, 1.82) is 0 Å². The molecule has 0 N–H and O–H groups in total. The first-order chi connectivity index (χ1) is 13.9. The molecule has 4 aliphatic carbocycles. The van der Waals surface area contributed by atoms with E-state index in [1.165, 1.54) is 12.8 Å². The highest BCUT2D eigenvalue weighted by atomic mass is 17.2. The quantitative estimate of drug-likeness (QED) is 0.219. The first kappa shape index (κ1) is 20.4. The van der Waals surface area contributed by atoms with Gasteiger partial charge in [-0.2, -0.15) is 0 Å². The van der Waals surface area contributed by atoms with Crippen LogP contribution in [0.1, 0.15) is 58.3 Å². The molecule has 2 unspecified atom stereocenters. The standard InChI is InChI=1S/C23H36O6/c1-19-9-7-18-16(17(19)8-11-21(19,24-2)15-28-27-5)6-10-20-14-22(25-3,26-4)12-13-23(18,20)29-20/h7,16-17H,6,8-15H2,1-5H3/t16?,17?,19-,20+,21+,23+/m0/s1. The highest BCUT2D eigenvalue weighted by Crippen LogP contribution is 2.74. The zero-order valence-corrected chi connectivity index (χ0v) is 18.5. The molecule has 0 spiro atoms. The van der Waals surface area contributed by atoms with Gasteiger partial charge in [-0.15, -0.1) is 0 Å². The minimum Gasteiger partial charge on any atom is -0.375 e. The Labute approximate surface area is 174 Å². The second-order valence-electron chi connectivity index (χ2n) is 10.1. The summed E-state index contributed by atoms with van der Waals surface area (Å²) in [6, 6.07) is 0. The third-order valence-electron chi connectivity index (χ3n) is 9.70. The molecule has 0 aromatic carbocycles. The van der Waals surface area contributed by atoms with Crippen molar-refractivity contribution >= 4 is 0 Å². The van der Waals surface area contributed by atoms with Crippen LogP contribution < -0.4 is 0 Å². The molecule has 6 nitrogen and oxygen atoms in total. The molecule has 1 heterocycles. The monoisotopic (exact) mass is 408 g/mol. The van der Waals surface area contributed by atoms with Crippen molar-refractivity contribution in [1.82, 2.24) is 0 Å². The van der Waals surface area contributed by atoms with Gasteiger partial charge in [0.1, 0.15) is 23.4 Å². The van der Waals surface area contributed by atoms with E-state index in [1.54, 1.807) is 26.9 Å². The second kappa shape index (κ2) is 6.50. The highest BCUT2D eigenvalue weighted by Gasteiger charge is 2.79. The van der Waals surface area contributed by atoms with Gasteiger partial charge < -0.3 is 18.9 Å². The van der Waals surface area contributed by atoms with Crippen LogP contribution in [-0.2, 0) is 28.7 Å². The Morgan fingerprint density at radius 2 is 1.79 bits per heavy atom. The van der Waals surface area contributed by atoms with Crippen molar-refractivity contribution in [2.45, 2.75) is 80.9 Å². The van der Waals surface area contributed by atoms with Gasteiger partial charge in [0.15, 0.2) is 5.79 Å². The van der Waals surface area contributed by atoms with Gasteiger partial charge in [-0.1, -0.05) is 13.0 Å². The van der Waals surface area contributed by atoms with E-state index in [0.29, 0.717) is 18.4 Å². The van der Waals surface area contributed by atoms with E-state index in [2.05, 4.69) is 13.0 Å². The minimum absolute atomic E-state index is 0.0530. The van der Waals surface area contributed by atoms with Crippen molar-refractivity contribution in [3.63, 3.8) is 0 Å². The molecule has 164 valence electrons. The van der Waals surface area contributed by atoms with Crippen LogP contribution in [0.3, 0.4) is 0 Å². The van der Waals surface area contributed by atoms with Gasteiger partial charge in [-0.3, -0.25) is 0 Å². The molecule has 1 saturated heterocycles. The number of hydrogen-bond acceptors (Lipinski definition) is 6. The molecule has 6 atom stereocenters. The third-order valence-corrected chi connectivity index (χ3v) is 9.70. The third kappa shape index (κ3) is 2.39. The van der Waals surface area contributed by atoms with Crippen LogP contribution in [0.2, 0.25) is 0 Å². The molecule has 0 bridgehead atoms. The first-order valence-corrected chi connectivity index (χ1v) is 11.1. The first-order valence-electron chi connectivity index (χ1n) is 11.1. The summed E-state index contributed by atoms with van der Waals surface area (Å²) in [4.78, 5) is 10.4. The zero-order chi connectivity index (χ0) is 20.5. The lowest BCUT2D eigenvalue weighted by atomic mass is 9.53. The number of ether oxygens (including phenoxy) is 4. The number of epoxide rings is 1. The van der Waals surface area contributed by atoms with E-state index in [1.807, 2.05) is 7.11 Å². The molecule has 4 fully saturated rings. The number of fused-ring (bicyclic) bond motifs is 3. The Hall–Kier alpha value is -0.500.